The summed E-state index contributed by atoms with van der Waals surface area (Å²) >= 11 is 0. The van der Waals surface area contributed by atoms with Crippen molar-refractivity contribution in [2.24, 2.45) is 10.4 Å². The molecule has 2 aliphatic rings. The molecule has 3 aromatic carbocycles. The summed E-state index contributed by atoms with van der Waals surface area (Å²) in [4.78, 5) is 5.11. The van der Waals surface area contributed by atoms with E-state index >= 15 is 0 Å². The average Bonchev–Trinajstić information content (AvgIpc) is 2.80. The molecule has 0 bridgehead atoms. The predicted molar refractivity (Wildman–Crippen MR) is 123 cm³/mol. The highest BCUT2D eigenvalue weighted by Crippen LogP contribution is 2.45. The zero-order valence-electron chi connectivity index (χ0n) is 17.3. The first kappa shape index (κ1) is 18.9. The molecule has 30 heavy (non-hydrogen) atoms. The zero-order valence-corrected chi connectivity index (χ0v) is 17.3. The summed E-state index contributed by atoms with van der Waals surface area (Å²) in [5, 5.41) is 3.70. The molecule has 5 rings (SSSR count). The Labute approximate surface area is 178 Å². The van der Waals surface area contributed by atoms with E-state index in [4.69, 9.17) is 9.73 Å². The molecule has 1 fully saturated rings. The fourth-order valence-corrected chi connectivity index (χ4v) is 4.81. The molecule has 1 spiro atoms. The predicted octanol–water partition coefficient (Wildman–Crippen LogP) is 7.00. The van der Waals surface area contributed by atoms with Gasteiger partial charge in [0, 0.05) is 11.1 Å². The van der Waals surface area contributed by atoms with Crippen LogP contribution >= 0.6 is 0 Å². The monoisotopic (exact) mass is 396 g/mol. The Morgan fingerprint density at radius 2 is 1.47 bits per heavy atom. The number of para-hydroxylation sites is 2. The van der Waals surface area contributed by atoms with Gasteiger partial charge in [0.2, 0.25) is 0 Å². The van der Waals surface area contributed by atoms with Crippen molar-refractivity contribution in [1.82, 2.24) is 0 Å². The molecule has 0 aromatic heterocycles. The third-order valence-corrected chi connectivity index (χ3v) is 6.43. The molecule has 1 aliphatic carbocycles. The van der Waals surface area contributed by atoms with Gasteiger partial charge in [0.25, 0.3) is 0 Å². The lowest BCUT2D eigenvalue weighted by Gasteiger charge is -2.42. The number of fused-ring (bicyclic) bond motifs is 1. The Bertz CT molecular complexity index is 1020. The third-order valence-electron chi connectivity index (χ3n) is 6.43. The highest BCUT2D eigenvalue weighted by Gasteiger charge is 2.40. The Hall–Kier alpha value is -3.07. The van der Waals surface area contributed by atoms with Gasteiger partial charge in [-0.3, -0.25) is 4.99 Å². The first-order valence-corrected chi connectivity index (χ1v) is 11.0. The molecule has 152 valence electrons. The SMILES string of the molecule is c1ccc(Oc2ccc(CN=C3Nc4ccccc4CC34CCCCC4)cc2)cc1. The topological polar surface area (TPSA) is 33.6 Å². The van der Waals surface area contributed by atoms with Crippen LogP contribution in [0.5, 0.6) is 11.5 Å². The number of anilines is 1. The summed E-state index contributed by atoms with van der Waals surface area (Å²) in [6.45, 7) is 0.692. The van der Waals surface area contributed by atoms with Crippen LogP contribution in [0.2, 0.25) is 0 Å². The Morgan fingerprint density at radius 1 is 0.767 bits per heavy atom. The van der Waals surface area contributed by atoms with E-state index in [0.29, 0.717) is 6.54 Å². The fraction of sp³-hybridized carbons (Fsp3) is 0.296. The zero-order chi connectivity index (χ0) is 20.2. The minimum absolute atomic E-state index is 0.183. The summed E-state index contributed by atoms with van der Waals surface area (Å²) in [5.41, 5.74) is 4.04. The molecule has 0 radical (unpaired) electrons. The van der Waals surface area contributed by atoms with Crippen molar-refractivity contribution in [3.63, 3.8) is 0 Å². The quantitative estimate of drug-likeness (QED) is 0.515. The molecule has 0 amide bonds. The van der Waals surface area contributed by atoms with Crippen molar-refractivity contribution in [2.45, 2.75) is 45.1 Å². The molecule has 1 heterocycles. The van der Waals surface area contributed by atoms with Gasteiger partial charge in [-0.25, -0.2) is 0 Å². The van der Waals surface area contributed by atoms with Gasteiger partial charge in [-0.1, -0.05) is 67.8 Å². The Balaban J connectivity index is 1.34. The van der Waals surface area contributed by atoms with Crippen LogP contribution in [0.4, 0.5) is 5.69 Å². The van der Waals surface area contributed by atoms with Gasteiger partial charge in [-0.05, 0) is 60.7 Å². The van der Waals surface area contributed by atoms with Gasteiger partial charge in [0.15, 0.2) is 0 Å². The molecular formula is C27H28N2O. The molecule has 1 N–H and O–H groups in total. The minimum atomic E-state index is 0.183. The van der Waals surface area contributed by atoms with Gasteiger partial charge >= 0.3 is 0 Å². The van der Waals surface area contributed by atoms with Crippen molar-refractivity contribution in [3.05, 3.63) is 90.0 Å². The number of aliphatic imine (C=N–C) groups is 1. The maximum Gasteiger partial charge on any atom is 0.127 e. The standard InChI is InChI=1S/C27H28N2O/c1-3-10-23(11-4-1)30-24-15-13-21(14-16-24)20-28-26-27(17-7-2-8-18-27)19-22-9-5-6-12-25(22)29-26/h1,3-6,9-16H,2,7-8,17-20H2,(H,28,29). The van der Waals surface area contributed by atoms with Crippen LogP contribution in [0.1, 0.15) is 43.2 Å². The van der Waals surface area contributed by atoms with Gasteiger partial charge in [0.1, 0.15) is 17.3 Å². The average molecular weight is 397 g/mol. The van der Waals surface area contributed by atoms with Gasteiger partial charge in [-0.2, -0.15) is 0 Å². The van der Waals surface area contributed by atoms with Crippen LogP contribution < -0.4 is 10.1 Å². The van der Waals surface area contributed by atoms with Gasteiger partial charge in [0.05, 0.1) is 6.54 Å². The van der Waals surface area contributed by atoms with Crippen molar-refractivity contribution in [3.8, 4) is 11.5 Å². The van der Waals surface area contributed by atoms with E-state index in [2.05, 4.69) is 41.7 Å². The number of ether oxygens (including phenoxy) is 1. The van der Waals surface area contributed by atoms with Crippen LogP contribution in [-0.4, -0.2) is 5.84 Å². The number of benzene rings is 3. The van der Waals surface area contributed by atoms with E-state index in [1.165, 1.54) is 54.8 Å². The van der Waals surface area contributed by atoms with Crippen molar-refractivity contribution in [1.29, 1.82) is 0 Å². The summed E-state index contributed by atoms with van der Waals surface area (Å²) in [5.74, 6) is 2.89. The Kier molecular flexibility index (Phi) is 5.27. The van der Waals surface area contributed by atoms with E-state index in [-0.39, 0.29) is 5.41 Å². The molecule has 1 aliphatic heterocycles. The third kappa shape index (κ3) is 3.97. The maximum atomic E-state index is 5.91. The molecule has 3 nitrogen and oxygen atoms in total. The van der Waals surface area contributed by atoms with Crippen LogP contribution in [0.3, 0.4) is 0 Å². The normalized spacial score (nSPS) is 18.6. The molecular weight excluding hydrogens is 368 g/mol. The molecule has 0 unspecified atom stereocenters. The number of hydrogen-bond donors (Lipinski definition) is 1. The minimum Gasteiger partial charge on any atom is -0.457 e. The first-order valence-electron chi connectivity index (χ1n) is 11.0. The lowest BCUT2D eigenvalue weighted by molar-refractivity contribution is 0.278. The van der Waals surface area contributed by atoms with Crippen molar-refractivity contribution < 1.29 is 4.74 Å². The van der Waals surface area contributed by atoms with Crippen molar-refractivity contribution in [2.75, 3.05) is 5.32 Å². The summed E-state index contributed by atoms with van der Waals surface area (Å²) < 4.78 is 5.91. The first-order chi connectivity index (χ1) is 14.8. The number of amidine groups is 1. The molecule has 3 aromatic rings. The number of rotatable bonds is 4. The van der Waals surface area contributed by atoms with Gasteiger partial charge in [-0.15, -0.1) is 0 Å². The smallest absolute Gasteiger partial charge is 0.127 e. The summed E-state index contributed by atoms with van der Waals surface area (Å²) in [6.07, 6.45) is 7.52. The van der Waals surface area contributed by atoms with Crippen LogP contribution in [0.15, 0.2) is 83.9 Å². The molecule has 1 saturated carbocycles. The van der Waals surface area contributed by atoms with Gasteiger partial charge < -0.3 is 10.1 Å². The number of hydrogen-bond acceptors (Lipinski definition) is 2. The molecule has 0 saturated heterocycles. The van der Waals surface area contributed by atoms with Crippen molar-refractivity contribution >= 4 is 11.5 Å². The summed E-state index contributed by atoms with van der Waals surface area (Å²) in [6, 6.07) is 26.9. The highest BCUT2D eigenvalue weighted by molar-refractivity contribution is 6.02. The van der Waals surface area contributed by atoms with E-state index < -0.39 is 0 Å². The lowest BCUT2D eigenvalue weighted by atomic mass is 9.67. The molecule has 3 heteroatoms. The largest absolute Gasteiger partial charge is 0.457 e. The second-order valence-electron chi connectivity index (χ2n) is 8.52. The summed E-state index contributed by atoms with van der Waals surface area (Å²) in [7, 11) is 0. The number of nitrogens with one attached hydrogen (secondary N) is 1. The lowest BCUT2D eigenvalue weighted by Crippen LogP contribution is -2.43. The van der Waals surface area contributed by atoms with E-state index in [9.17, 15) is 0 Å². The molecule has 0 atom stereocenters. The van der Waals surface area contributed by atoms with Crippen LogP contribution in [0.25, 0.3) is 0 Å². The van der Waals surface area contributed by atoms with Crippen LogP contribution in [-0.2, 0) is 13.0 Å². The Morgan fingerprint density at radius 3 is 2.27 bits per heavy atom. The number of nitrogens with zero attached hydrogens (tertiary/aromatic N) is 1. The van der Waals surface area contributed by atoms with E-state index in [1.807, 2.05) is 42.5 Å². The van der Waals surface area contributed by atoms with Crippen LogP contribution in [0, 0.1) is 5.41 Å². The fourth-order valence-electron chi connectivity index (χ4n) is 4.81. The second-order valence-corrected chi connectivity index (χ2v) is 8.52. The highest BCUT2D eigenvalue weighted by atomic mass is 16.5. The second kappa shape index (κ2) is 8.35. The van der Waals surface area contributed by atoms with E-state index in [1.54, 1.807) is 0 Å². The maximum absolute atomic E-state index is 5.91. The van der Waals surface area contributed by atoms with E-state index in [0.717, 1.165) is 17.9 Å².